The summed E-state index contributed by atoms with van der Waals surface area (Å²) in [6.45, 7) is 2.25. The minimum absolute atomic E-state index is 0. The Balaban J connectivity index is 0.00000420. The number of unbranched alkanes of at least 4 members (excludes halogenated alkanes) is 8. The summed E-state index contributed by atoms with van der Waals surface area (Å²) < 4.78 is 39.0. The van der Waals surface area contributed by atoms with Crippen LogP contribution >= 0.6 is 0 Å². The van der Waals surface area contributed by atoms with Gasteiger partial charge in [0.1, 0.15) is 21.6 Å². The molecule has 0 N–H and O–H groups in total. The van der Waals surface area contributed by atoms with Gasteiger partial charge < -0.3 is 9.29 Å². The molecule has 0 bridgehead atoms. The van der Waals surface area contributed by atoms with Crippen molar-refractivity contribution in [2.45, 2.75) is 76.0 Å². The molecule has 0 aromatic heterocycles. The predicted octanol–water partition coefficient (Wildman–Crippen LogP) is 3.46. The summed E-state index contributed by atoms with van der Waals surface area (Å²) in [5.41, 5.74) is 1.27. The van der Waals surface area contributed by atoms with Gasteiger partial charge in [-0.15, -0.1) is 0 Å². The summed E-state index contributed by atoms with van der Waals surface area (Å²) in [5, 5.41) is 0. The Hall–Kier alpha value is -0.214. The zero-order valence-corrected chi connectivity index (χ0v) is 21.7. The van der Waals surface area contributed by atoms with Crippen LogP contribution in [0.15, 0.2) is 53.4 Å². The molecule has 6 heteroatoms. The van der Waals surface area contributed by atoms with Gasteiger partial charge in [-0.2, -0.15) is 0 Å². The molecular weight excluding hydrogens is 411 g/mol. The summed E-state index contributed by atoms with van der Waals surface area (Å²) in [4.78, 5) is -0.285. The minimum Gasteiger partial charge on any atom is -0.744 e. The molecule has 0 saturated heterocycles. The van der Waals surface area contributed by atoms with Crippen LogP contribution in [0.4, 0.5) is 0 Å². The number of aryl methyl sites for hydroxylation is 1. The molecule has 0 amide bonds. The van der Waals surface area contributed by atoms with E-state index in [2.05, 4.69) is 6.92 Å². The first-order valence-electron chi connectivity index (χ1n) is 10.3. The monoisotopic (exact) mass is 442 g/mol. The summed E-state index contributed by atoms with van der Waals surface area (Å²) in [6, 6.07) is 13.5. The van der Waals surface area contributed by atoms with Gasteiger partial charge in [-0.1, -0.05) is 76.5 Å². The summed E-state index contributed by atoms with van der Waals surface area (Å²) in [7, 11) is -4.48. The van der Waals surface area contributed by atoms with Crippen molar-refractivity contribution in [2.75, 3.05) is 0 Å². The van der Waals surface area contributed by atoms with Crippen molar-refractivity contribution in [3.8, 4) is 11.5 Å². The molecule has 2 aromatic rings. The van der Waals surface area contributed by atoms with Gasteiger partial charge >= 0.3 is 51.4 Å². The quantitative estimate of drug-likeness (QED) is 0.271. The van der Waals surface area contributed by atoms with Crippen LogP contribution in [0, 0.1) is 0 Å². The van der Waals surface area contributed by atoms with Crippen LogP contribution in [0.3, 0.4) is 0 Å². The van der Waals surface area contributed by atoms with E-state index in [1.165, 1.54) is 81.5 Å². The second-order valence-corrected chi connectivity index (χ2v) is 8.63. The average Bonchev–Trinajstić information content (AvgIpc) is 2.67. The standard InChI is InChI=1S/C23H32O4S.K/c1-2-3-4-5-6-7-8-9-10-12-20-15-17-21(18-16-20)27-22-13-11-14-23(19-22)28(24,25)26;/h11,13-19H,2-10,12H2,1H3,(H,24,25,26);/q;+1/p-1. The maximum absolute atomic E-state index is 11.1. The average molecular weight is 443 g/mol. The molecule has 0 radical (unpaired) electrons. The van der Waals surface area contributed by atoms with Gasteiger partial charge in [-0.25, -0.2) is 8.42 Å². The second-order valence-electron chi connectivity index (χ2n) is 7.25. The Kier molecular flexibility index (Phi) is 13.6. The van der Waals surface area contributed by atoms with E-state index in [1.54, 1.807) is 6.07 Å². The molecule has 0 heterocycles. The van der Waals surface area contributed by atoms with Crippen molar-refractivity contribution in [1.82, 2.24) is 0 Å². The van der Waals surface area contributed by atoms with Crippen molar-refractivity contribution >= 4 is 10.1 Å². The van der Waals surface area contributed by atoms with E-state index < -0.39 is 10.1 Å². The van der Waals surface area contributed by atoms with Gasteiger partial charge in [0, 0.05) is 0 Å². The van der Waals surface area contributed by atoms with E-state index in [1.807, 2.05) is 24.3 Å². The molecule has 0 aliphatic rings. The summed E-state index contributed by atoms with van der Waals surface area (Å²) >= 11 is 0. The molecule has 4 nitrogen and oxygen atoms in total. The van der Waals surface area contributed by atoms with Crippen molar-refractivity contribution in [1.29, 1.82) is 0 Å². The first kappa shape index (κ1) is 26.8. The zero-order chi connectivity index (χ0) is 20.2. The Bertz CT molecular complexity index is 804. The van der Waals surface area contributed by atoms with E-state index in [0.29, 0.717) is 11.5 Å². The first-order chi connectivity index (χ1) is 13.5. The molecule has 0 aliphatic heterocycles. The largest absolute Gasteiger partial charge is 1.00 e. The molecule has 2 rings (SSSR count). The van der Waals surface area contributed by atoms with Crippen LogP contribution in [-0.4, -0.2) is 13.0 Å². The van der Waals surface area contributed by atoms with Crippen LogP contribution < -0.4 is 56.1 Å². The molecule has 0 unspecified atom stereocenters. The van der Waals surface area contributed by atoms with Gasteiger partial charge in [-0.3, -0.25) is 0 Å². The van der Waals surface area contributed by atoms with Gasteiger partial charge in [0.05, 0.1) is 4.90 Å². The van der Waals surface area contributed by atoms with Crippen LogP contribution in [0.25, 0.3) is 0 Å². The summed E-state index contributed by atoms with van der Waals surface area (Å²) in [6.07, 6.45) is 12.9. The number of hydrogen-bond donors (Lipinski definition) is 0. The Labute approximate surface area is 218 Å². The van der Waals surface area contributed by atoms with Crippen molar-refractivity contribution in [3.05, 3.63) is 54.1 Å². The molecule has 29 heavy (non-hydrogen) atoms. The van der Waals surface area contributed by atoms with Crippen LogP contribution in [0.2, 0.25) is 0 Å². The van der Waals surface area contributed by atoms with E-state index in [4.69, 9.17) is 4.74 Å². The third-order valence-corrected chi connectivity index (χ3v) is 5.65. The third kappa shape index (κ3) is 11.1. The number of benzene rings is 2. The van der Waals surface area contributed by atoms with Gasteiger partial charge in [0.25, 0.3) is 0 Å². The topological polar surface area (TPSA) is 66.4 Å². The van der Waals surface area contributed by atoms with Crippen molar-refractivity contribution in [3.63, 3.8) is 0 Å². The van der Waals surface area contributed by atoms with Gasteiger partial charge in [0.15, 0.2) is 0 Å². The van der Waals surface area contributed by atoms with E-state index in [9.17, 15) is 13.0 Å². The second kappa shape index (κ2) is 14.7. The molecule has 0 fully saturated rings. The number of ether oxygens (including phenoxy) is 1. The van der Waals surface area contributed by atoms with E-state index >= 15 is 0 Å². The minimum atomic E-state index is -4.48. The maximum atomic E-state index is 11.1. The molecular formula is C23H31KO4S. The Morgan fingerprint density at radius 2 is 1.38 bits per heavy atom. The van der Waals surface area contributed by atoms with Gasteiger partial charge in [-0.05, 0) is 48.7 Å². The van der Waals surface area contributed by atoms with Crippen molar-refractivity contribution < 1.29 is 69.1 Å². The molecule has 0 spiro atoms. The van der Waals surface area contributed by atoms with E-state index in [0.717, 1.165) is 6.42 Å². The first-order valence-corrected chi connectivity index (χ1v) is 11.7. The number of hydrogen-bond acceptors (Lipinski definition) is 4. The fourth-order valence-corrected chi connectivity index (χ4v) is 3.70. The van der Waals surface area contributed by atoms with Crippen LogP contribution in [0.5, 0.6) is 11.5 Å². The molecule has 0 atom stereocenters. The third-order valence-electron chi connectivity index (χ3n) is 4.82. The van der Waals surface area contributed by atoms with Gasteiger partial charge in [0.2, 0.25) is 0 Å². The fourth-order valence-electron chi connectivity index (χ4n) is 3.19. The fraction of sp³-hybridized carbons (Fsp3) is 0.478. The summed E-state index contributed by atoms with van der Waals surface area (Å²) in [5.74, 6) is 0.958. The predicted molar refractivity (Wildman–Crippen MR) is 112 cm³/mol. The Morgan fingerprint density at radius 3 is 1.97 bits per heavy atom. The smallest absolute Gasteiger partial charge is 0.744 e. The van der Waals surface area contributed by atoms with Crippen LogP contribution in [0.1, 0.15) is 70.3 Å². The molecule has 0 saturated carbocycles. The van der Waals surface area contributed by atoms with E-state index in [-0.39, 0.29) is 56.3 Å². The maximum Gasteiger partial charge on any atom is 1.00 e. The molecule has 0 aliphatic carbocycles. The van der Waals surface area contributed by atoms with Crippen molar-refractivity contribution in [2.24, 2.45) is 0 Å². The zero-order valence-electron chi connectivity index (χ0n) is 17.7. The Morgan fingerprint density at radius 1 is 0.793 bits per heavy atom. The molecule has 2 aromatic carbocycles. The molecule has 154 valence electrons. The SMILES string of the molecule is CCCCCCCCCCCc1ccc(Oc2cccc(S(=O)(=O)[O-])c2)cc1.[K+]. The normalized spacial score (nSPS) is 11.1. The number of rotatable bonds is 13. The van der Waals surface area contributed by atoms with Crippen LogP contribution in [-0.2, 0) is 16.5 Å².